The number of anilines is 3. The van der Waals surface area contributed by atoms with Gasteiger partial charge in [-0.2, -0.15) is 0 Å². The van der Waals surface area contributed by atoms with Gasteiger partial charge in [-0.25, -0.2) is 0 Å². The molecule has 9 aromatic carbocycles. The lowest BCUT2D eigenvalue weighted by Gasteiger charge is -2.27. The van der Waals surface area contributed by atoms with Gasteiger partial charge in [0.25, 0.3) is 0 Å². The molecule has 10 rings (SSSR count). The minimum Gasteiger partial charge on any atom is -0.456 e. The summed E-state index contributed by atoms with van der Waals surface area (Å²) in [4.78, 5) is 1.59. The highest BCUT2D eigenvalue weighted by molar-refractivity contribution is 6.07. The van der Waals surface area contributed by atoms with Crippen molar-refractivity contribution in [3.8, 4) is 44.5 Å². The van der Waals surface area contributed by atoms with E-state index in [0.29, 0.717) is 27.9 Å². The van der Waals surface area contributed by atoms with Crippen molar-refractivity contribution in [2.24, 2.45) is 0 Å². The predicted molar refractivity (Wildman–Crippen MR) is 228 cm³/mol. The molecule has 0 saturated heterocycles. The first kappa shape index (κ1) is 19.6. The van der Waals surface area contributed by atoms with E-state index >= 15 is 0 Å². The second kappa shape index (κ2) is 13.4. The fourth-order valence-electron chi connectivity index (χ4n) is 6.92. The first-order valence-electron chi connectivity index (χ1n) is 24.7. The number of fused-ring (bicyclic) bond motifs is 4. The van der Waals surface area contributed by atoms with E-state index in [1.165, 1.54) is 0 Å². The summed E-state index contributed by atoms with van der Waals surface area (Å²) in [5, 5.41) is 0.503. The summed E-state index contributed by atoms with van der Waals surface area (Å²) in [7, 11) is 0. The molecule has 0 radical (unpaired) electrons. The molecule has 0 N–H and O–H groups in total. The summed E-state index contributed by atoms with van der Waals surface area (Å²) in [6.45, 7) is 0. The lowest BCUT2D eigenvalue weighted by atomic mass is 9.89. The van der Waals surface area contributed by atoms with Crippen molar-refractivity contribution in [3.63, 3.8) is 0 Å². The van der Waals surface area contributed by atoms with E-state index in [4.69, 9.17) is 18.1 Å². The van der Waals surface area contributed by atoms with Crippen LogP contribution in [0.15, 0.2) is 216 Å². The van der Waals surface area contributed by atoms with Crippen molar-refractivity contribution < 1.29 is 25.0 Å². The maximum Gasteiger partial charge on any atom is 0.135 e. The van der Waals surface area contributed by atoms with Crippen molar-refractivity contribution >= 4 is 49.8 Å². The van der Waals surface area contributed by atoms with Gasteiger partial charge in [-0.1, -0.05) is 163 Å². The summed E-state index contributed by atoms with van der Waals surface area (Å²) < 4.78 is 142. The number of hydrogen-bond donors (Lipinski definition) is 0. The Hall–Kier alpha value is -7.16. The Morgan fingerprint density at radius 3 is 1.81 bits per heavy atom. The largest absolute Gasteiger partial charge is 0.456 e. The lowest BCUT2D eigenvalue weighted by molar-refractivity contribution is 0.669. The Morgan fingerprint density at radius 1 is 0.370 bits per heavy atom. The van der Waals surface area contributed by atoms with Crippen molar-refractivity contribution in [2.45, 2.75) is 0 Å². The molecule has 0 fully saturated rings. The summed E-state index contributed by atoms with van der Waals surface area (Å²) in [5.74, 6) is 0. The molecule has 0 spiro atoms. The molecule has 2 heteroatoms. The molecule has 0 atom stereocenters. The van der Waals surface area contributed by atoms with Crippen LogP contribution in [0.2, 0.25) is 0 Å². The van der Waals surface area contributed by atoms with Crippen molar-refractivity contribution in [1.29, 1.82) is 0 Å². The van der Waals surface area contributed by atoms with Crippen LogP contribution in [-0.2, 0) is 0 Å². The van der Waals surface area contributed by atoms with Gasteiger partial charge in [0.15, 0.2) is 0 Å². The Bertz CT molecular complexity index is 3740. The monoisotopic (exact) mass is 704 g/mol. The molecule has 1 aromatic heterocycles. The van der Waals surface area contributed by atoms with Crippen LogP contribution in [0.5, 0.6) is 0 Å². The third-order valence-corrected chi connectivity index (χ3v) is 9.38. The van der Waals surface area contributed by atoms with Gasteiger partial charge < -0.3 is 9.32 Å². The second-order valence-corrected chi connectivity index (χ2v) is 12.5. The molecule has 54 heavy (non-hydrogen) atoms. The average Bonchev–Trinajstić information content (AvgIpc) is 3.74. The summed E-state index contributed by atoms with van der Waals surface area (Å²) in [6, 6.07) is 26.4. The van der Waals surface area contributed by atoms with Crippen LogP contribution < -0.4 is 4.90 Å². The zero-order chi connectivity index (χ0) is 48.9. The number of furan rings is 1. The van der Waals surface area contributed by atoms with E-state index in [9.17, 15) is 6.85 Å². The third-order valence-electron chi connectivity index (χ3n) is 9.38. The van der Waals surface area contributed by atoms with Crippen LogP contribution in [0.3, 0.4) is 0 Å². The minimum absolute atomic E-state index is 0.225. The number of hydrogen-bond acceptors (Lipinski definition) is 2. The standard InChI is InChI=1S/C52H35NO/c1-4-14-36(15-5-1)44-32-29-42(34-48(44)37-16-6-2-7-17-37)53(43-30-33-51-49(35-43)47-22-12-13-23-50(47)54-51)41-27-24-39(25-28-41)46-31-26-38-18-10-11-21-45(38)52(46)40-19-8-3-9-20-40/h1-35H/i3D,8D,9D,10D,11D,18D,19D,20D,21D,24D,25D,26D,27D,28D,31D. The predicted octanol–water partition coefficient (Wildman–Crippen LogP) is 14.9. The van der Waals surface area contributed by atoms with Crippen LogP contribution in [0.1, 0.15) is 20.6 Å². The Labute approximate surface area is 335 Å². The quantitative estimate of drug-likeness (QED) is 0.164. The Morgan fingerprint density at radius 2 is 1.02 bits per heavy atom. The molecule has 254 valence electrons. The highest BCUT2D eigenvalue weighted by atomic mass is 16.3. The molecule has 0 aliphatic carbocycles. The smallest absolute Gasteiger partial charge is 0.135 e. The van der Waals surface area contributed by atoms with Gasteiger partial charge >= 0.3 is 0 Å². The number of benzene rings is 9. The molecule has 0 bridgehead atoms. The van der Waals surface area contributed by atoms with Gasteiger partial charge in [-0.3, -0.25) is 0 Å². The van der Waals surface area contributed by atoms with E-state index in [2.05, 4.69) is 0 Å². The van der Waals surface area contributed by atoms with Crippen LogP contribution in [0, 0.1) is 0 Å². The topological polar surface area (TPSA) is 16.4 Å². The van der Waals surface area contributed by atoms with E-state index in [-0.39, 0.29) is 5.69 Å². The molecule has 0 aliphatic heterocycles. The lowest BCUT2D eigenvalue weighted by Crippen LogP contribution is -2.10. The Kier molecular flexibility index (Phi) is 4.88. The Balaban J connectivity index is 1.32. The zero-order valence-corrected chi connectivity index (χ0v) is 28.4. The maximum absolute atomic E-state index is 9.85. The van der Waals surface area contributed by atoms with Crippen LogP contribution in [0.25, 0.3) is 77.2 Å². The third kappa shape index (κ3) is 5.62. The van der Waals surface area contributed by atoms with Gasteiger partial charge in [0.1, 0.15) is 11.2 Å². The summed E-state index contributed by atoms with van der Waals surface area (Å²) in [6.07, 6.45) is 0. The highest BCUT2D eigenvalue weighted by Crippen LogP contribution is 2.44. The number of nitrogens with zero attached hydrogens (tertiary/aromatic N) is 1. The zero-order valence-electron chi connectivity index (χ0n) is 43.4. The highest BCUT2D eigenvalue weighted by Gasteiger charge is 2.19. The van der Waals surface area contributed by atoms with Gasteiger partial charge in [0, 0.05) is 27.8 Å². The molecule has 2 nitrogen and oxygen atoms in total. The van der Waals surface area contributed by atoms with E-state index in [1.807, 2.05) is 109 Å². The molecule has 0 saturated carbocycles. The van der Waals surface area contributed by atoms with E-state index in [1.54, 1.807) is 17.0 Å². The van der Waals surface area contributed by atoms with Crippen molar-refractivity contribution in [2.75, 3.05) is 4.90 Å². The van der Waals surface area contributed by atoms with Gasteiger partial charge in [-0.05, 0) is 104 Å². The second-order valence-electron chi connectivity index (χ2n) is 12.5. The number of para-hydroxylation sites is 1. The number of rotatable bonds is 7. The molecule has 10 aromatic rings. The van der Waals surface area contributed by atoms with Gasteiger partial charge in [0.05, 0.1) is 20.6 Å². The van der Waals surface area contributed by atoms with Crippen LogP contribution in [0.4, 0.5) is 17.1 Å². The first-order valence-corrected chi connectivity index (χ1v) is 17.2. The van der Waals surface area contributed by atoms with Crippen LogP contribution in [-0.4, -0.2) is 0 Å². The maximum atomic E-state index is 9.85. The fourth-order valence-corrected chi connectivity index (χ4v) is 6.92. The normalized spacial score (nSPS) is 15.2. The van der Waals surface area contributed by atoms with Crippen molar-refractivity contribution in [3.05, 3.63) is 212 Å². The first-order chi connectivity index (χ1) is 33.0. The summed E-state index contributed by atoms with van der Waals surface area (Å²) in [5.41, 5.74) is 2.92. The molecular weight excluding hydrogens is 655 g/mol. The SMILES string of the molecule is [2H]c1c([2H])c([2H])c(-c2c(-c3c([2H])c([2H])c(N(c4ccc(-c5ccccc5)c(-c5ccccc5)c4)c4ccc5oc6ccccc6c5c4)c([2H])c3[2H])c([2H])c([2H])c3c([2H])c([2H])c([2H])c([2H])c23)c([2H])c1[2H]. The summed E-state index contributed by atoms with van der Waals surface area (Å²) >= 11 is 0. The van der Waals surface area contributed by atoms with E-state index in [0.717, 1.165) is 27.6 Å². The van der Waals surface area contributed by atoms with Gasteiger partial charge in [-0.15, -0.1) is 0 Å². The van der Waals surface area contributed by atoms with E-state index < -0.39 is 124 Å². The van der Waals surface area contributed by atoms with Crippen molar-refractivity contribution in [1.82, 2.24) is 0 Å². The minimum atomic E-state index is -0.818. The molecule has 0 aliphatic rings. The molecular formula is C52H35NO. The molecule has 0 unspecified atom stereocenters. The fraction of sp³-hybridized carbons (Fsp3) is 0. The van der Waals surface area contributed by atoms with Crippen LogP contribution >= 0.6 is 0 Å². The van der Waals surface area contributed by atoms with Gasteiger partial charge in [0.2, 0.25) is 0 Å². The molecule has 0 amide bonds. The average molecular weight is 705 g/mol. The molecule has 1 heterocycles.